The van der Waals surface area contributed by atoms with Crippen LogP contribution in [0.1, 0.15) is 31.7 Å². The molecule has 4 heterocycles. The molecule has 1 N–H and O–H groups in total. The summed E-state index contributed by atoms with van der Waals surface area (Å²) >= 11 is 0. The van der Waals surface area contributed by atoms with Gasteiger partial charge in [0.1, 0.15) is 5.52 Å². The molecule has 0 amide bonds. The summed E-state index contributed by atoms with van der Waals surface area (Å²) in [6, 6.07) is 7.59. The molecule has 30 heavy (non-hydrogen) atoms. The van der Waals surface area contributed by atoms with E-state index < -0.39 is 0 Å². The lowest BCUT2D eigenvalue weighted by Gasteiger charge is -2.26. The smallest absolute Gasteiger partial charge is 0.329 e. The van der Waals surface area contributed by atoms with Crippen molar-refractivity contribution < 1.29 is 9.84 Å². The number of rotatable bonds is 3. The van der Waals surface area contributed by atoms with Crippen LogP contribution in [0.5, 0.6) is 5.88 Å². The average Bonchev–Trinajstić information content (AvgIpc) is 3.05. The molecule has 0 aromatic carbocycles. The highest BCUT2D eigenvalue weighted by Gasteiger charge is 2.26. The topological polar surface area (TPSA) is 95.1 Å². The number of aliphatic hydroxyl groups is 1. The molecule has 0 saturated heterocycles. The lowest BCUT2D eigenvalue weighted by molar-refractivity contribution is 0.111. The van der Waals surface area contributed by atoms with Crippen LogP contribution in [-0.4, -0.2) is 42.4 Å². The van der Waals surface area contributed by atoms with E-state index >= 15 is 0 Å². The molecule has 0 spiro atoms. The van der Waals surface area contributed by atoms with Gasteiger partial charge in [-0.05, 0) is 43.9 Å². The number of aliphatic hydroxyl groups excluding tert-OH is 1. The van der Waals surface area contributed by atoms with Crippen LogP contribution in [-0.2, 0) is 7.05 Å². The fourth-order valence-corrected chi connectivity index (χ4v) is 4.36. The summed E-state index contributed by atoms with van der Waals surface area (Å²) < 4.78 is 8.63. The predicted octanol–water partition coefficient (Wildman–Crippen LogP) is 2.83. The lowest BCUT2D eigenvalue weighted by atomic mass is 9.93. The maximum atomic E-state index is 13.1. The molecule has 1 saturated carbocycles. The van der Waals surface area contributed by atoms with Gasteiger partial charge < -0.3 is 9.84 Å². The van der Waals surface area contributed by atoms with Crippen molar-refractivity contribution in [1.82, 2.24) is 24.1 Å². The number of fused-ring (bicyclic) bond motifs is 3. The second kappa shape index (κ2) is 7.21. The van der Waals surface area contributed by atoms with E-state index in [2.05, 4.69) is 9.97 Å². The molecule has 154 valence electrons. The van der Waals surface area contributed by atoms with E-state index in [4.69, 9.17) is 9.72 Å². The maximum absolute atomic E-state index is 13.1. The minimum atomic E-state index is -0.280. The van der Waals surface area contributed by atoms with Gasteiger partial charge in [0.2, 0.25) is 5.88 Å². The van der Waals surface area contributed by atoms with Crippen LogP contribution < -0.4 is 10.4 Å². The first-order chi connectivity index (χ1) is 14.6. The minimum Gasteiger partial charge on any atom is -0.481 e. The number of aryl methyl sites for hydroxylation is 1. The van der Waals surface area contributed by atoms with E-state index in [0.717, 1.165) is 40.6 Å². The minimum absolute atomic E-state index is 0.0447. The van der Waals surface area contributed by atoms with Gasteiger partial charge >= 0.3 is 5.69 Å². The Morgan fingerprint density at radius 2 is 1.87 bits per heavy atom. The molecule has 0 atom stereocenters. The summed E-state index contributed by atoms with van der Waals surface area (Å²) in [4.78, 5) is 26.8. The molecule has 0 unspecified atom stereocenters. The van der Waals surface area contributed by atoms with Crippen molar-refractivity contribution >= 4 is 22.1 Å². The van der Waals surface area contributed by atoms with Gasteiger partial charge in [-0.25, -0.2) is 14.8 Å². The number of nitrogens with zero attached hydrogens (tertiary/aromatic N) is 5. The van der Waals surface area contributed by atoms with Crippen molar-refractivity contribution in [2.45, 2.75) is 37.8 Å². The number of imidazole rings is 1. The molecule has 4 aromatic heterocycles. The first-order valence-corrected chi connectivity index (χ1v) is 10.1. The zero-order valence-corrected chi connectivity index (χ0v) is 16.9. The summed E-state index contributed by atoms with van der Waals surface area (Å²) in [5.74, 6) is 0.542. The number of pyridine rings is 3. The van der Waals surface area contributed by atoms with Gasteiger partial charge in [-0.1, -0.05) is 0 Å². The molecule has 1 aliphatic rings. The molecular formula is C22H23N5O3. The summed E-state index contributed by atoms with van der Waals surface area (Å²) in [6.45, 7) is 0. The molecule has 0 bridgehead atoms. The Kier molecular flexibility index (Phi) is 4.51. The van der Waals surface area contributed by atoms with E-state index in [-0.39, 0.29) is 17.8 Å². The monoisotopic (exact) mass is 405 g/mol. The van der Waals surface area contributed by atoms with E-state index in [9.17, 15) is 9.90 Å². The van der Waals surface area contributed by atoms with Crippen LogP contribution in [0.15, 0.2) is 41.5 Å². The second-order valence-corrected chi connectivity index (χ2v) is 7.82. The van der Waals surface area contributed by atoms with Gasteiger partial charge in [0.05, 0.1) is 41.7 Å². The quantitative estimate of drug-likeness (QED) is 0.563. The van der Waals surface area contributed by atoms with Gasteiger partial charge in [-0.3, -0.25) is 14.1 Å². The molecule has 4 aromatic rings. The first kappa shape index (κ1) is 18.7. The molecule has 8 heteroatoms. The molecule has 0 radical (unpaired) electrons. The van der Waals surface area contributed by atoms with Crippen molar-refractivity contribution in [3.8, 4) is 17.1 Å². The number of hydrogen-bond acceptors (Lipinski definition) is 6. The zero-order valence-electron chi connectivity index (χ0n) is 16.9. The Bertz CT molecular complexity index is 1280. The van der Waals surface area contributed by atoms with Crippen LogP contribution in [0, 0.1) is 0 Å². The van der Waals surface area contributed by atoms with Gasteiger partial charge in [0, 0.05) is 30.9 Å². The SMILES string of the molecule is COc1ccc(-c2ccc3ncc4c(c3n2)n(C2CCC(O)CC2)c(=O)n4C)cn1. The number of methoxy groups -OCH3 is 1. The third-order valence-corrected chi connectivity index (χ3v) is 6.03. The second-order valence-electron chi connectivity index (χ2n) is 7.82. The maximum Gasteiger partial charge on any atom is 0.329 e. The molecule has 0 aliphatic heterocycles. The Balaban J connectivity index is 1.73. The predicted molar refractivity (Wildman–Crippen MR) is 114 cm³/mol. The van der Waals surface area contributed by atoms with Crippen LogP contribution in [0.2, 0.25) is 0 Å². The molecule has 8 nitrogen and oxygen atoms in total. The molecule has 1 fully saturated rings. The summed E-state index contributed by atoms with van der Waals surface area (Å²) in [6.07, 6.45) is 6.13. The highest BCUT2D eigenvalue weighted by Crippen LogP contribution is 2.33. The average molecular weight is 405 g/mol. The van der Waals surface area contributed by atoms with Crippen LogP contribution >= 0.6 is 0 Å². The van der Waals surface area contributed by atoms with Crippen molar-refractivity contribution in [3.63, 3.8) is 0 Å². The largest absolute Gasteiger partial charge is 0.481 e. The van der Waals surface area contributed by atoms with Gasteiger partial charge in [0.25, 0.3) is 0 Å². The Morgan fingerprint density at radius 1 is 1.07 bits per heavy atom. The fourth-order valence-electron chi connectivity index (χ4n) is 4.36. The highest BCUT2D eigenvalue weighted by atomic mass is 16.5. The van der Waals surface area contributed by atoms with Crippen molar-refractivity contribution in [2.24, 2.45) is 7.05 Å². The van der Waals surface area contributed by atoms with Crippen molar-refractivity contribution in [2.75, 3.05) is 7.11 Å². The Labute approximate surface area is 172 Å². The number of ether oxygens (including phenoxy) is 1. The Morgan fingerprint density at radius 3 is 2.57 bits per heavy atom. The standard InChI is InChI=1S/C22H23N5O3/c1-26-18-12-23-17-9-8-16(13-3-10-19(30-2)24-11-13)25-20(17)21(18)27(22(26)29)14-4-6-15(28)7-5-14/h3,8-12,14-15,28H,4-7H2,1-2H3. The Hall–Kier alpha value is -3.26. The van der Waals surface area contributed by atoms with E-state index in [0.29, 0.717) is 24.2 Å². The fraction of sp³-hybridized carbons (Fsp3) is 0.364. The van der Waals surface area contributed by atoms with Gasteiger partial charge in [0.15, 0.2) is 0 Å². The van der Waals surface area contributed by atoms with Crippen LogP contribution in [0.4, 0.5) is 0 Å². The normalized spacial score (nSPS) is 19.4. The zero-order chi connectivity index (χ0) is 20.8. The summed E-state index contributed by atoms with van der Waals surface area (Å²) in [5.41, 5.74) is 4.55. The lowest BCUT2D eigenvalue weighted by Crippen LogP contribution is -2.29. The van der Waals surface area contributed by atoms with Crippen molar-refractivity contribution in [3.05, 3.63) is 47.1 Å². The molecule has 1 aliphatic carbocycles. The van der Waals surface area contributed by atoms with E-state index in [1.807, 2.05) is 22.8 Å². The van der Waals surface area contributed by atoms with Crippen LogP contribution in [0.3, 0.4) is 0 Å². The van der Waals surface area contributed by atoms with E-state index in [1.165, 1.54) is 0 Å². The first-order valence-electron chi connectivity index (χ1n) is 10.1. The summed E-state index contributed by atoms with van der Waals surface area (Å²) in [7, 11) is 3.35. The molecule has 5 rings (SSSR count). The third-order valence-electron chi connectivity index (χ3n) is 6.03. The van der Waals surface area contributed by atoms with Gasteiger partial charge in [-0.15, -0.1) is 0 Å². The number of aromatic nitrogens is 5. The summed E-state index contributed by atoms with van der Waals surface area (Å²) in [5, 5.41) is 9.90. The van der Waals surface area contributed by atoms with Gasteiger partial charge in [-0.2, -0.15) is 0 Å². The third kappa shape index (κ3) is 2.95. The van der Waals surface area contributed by atoms with E-state index in [1.54, 1.807) is 37.2 Å². The highest BCUT2D eigenvalue weighted by molar-refractivity contribution is 6.00. The molecular weight excluding hydrogens is 382 g/mol. The number of hydrogen-bond donors (Lipinski definition) is 1. The van der Waals surface area contributed by atoms with Crippen molar-refractivity contribution in [1.29, 1.82) is 0 Å². The van der Waals surface area contributed by atoms with Crippen LogP contribution in [0.25, 0.3) is 33.3 Å².